The fourth-order valence-corrected chi connectivity index (χ4v) is 3.25. The van der Waals surface area contributed by atoms with E-state index in [-0.39, 0.29) is 0 Å². The Labute approximate surface area is 144 Å². The molecule has 0 fully saturated rings. The molecule has 0 unspecified atom stereocenters. The van der Waals surface area contributed by atoms with Crippen LogP contribution in [0.25, 0.3) is 5.69 Å². The van der Waals surface area contributed by atoms with Gasteiger partial charge in [-0.25, -0.2) is 4.68 Å². The molecule has 23 heavy (non-hydrogen) atoms. The van der Waals surface area contributed by atoms with Gasteiger partial charge in [0.15, 0.2) is 0 Å². The number of benzene rings is 1. The third-order valence-corrected chi connectivity index (χ3v) is 4.90. The van der Waals surface area contributed by atoms with E-state index in [1.807, 2.05) is 6.07 Å². The summed E-state index contributed by atoms with van der Waals surface area (Å²) in [6, 6.07) is 8.31. The van der Waals surface area contributed by atoms with Crippen LogP contribution in [-0.4, -0.2) is 31.7 Å². The Kier molecular flexibility index (Phi) is 4.70. The number of hydrogen-bond donors (Lipinski definition) is 0. The van der Waals surface area contributed by atoms with E-state index < -0.39 is 0 Å². The molecule has 0 aliphatic carbocycles. The molecule has 0 atom stereocenters. The molecule has 7 heteroatoms. The zero-order chi connectivity index (χ0) is 16.4. The molecule has 0 saturated heterocycles. The first-order valence-electron chi connectivity index (χ1n) is 7.34. The zero-order valence-electron chi connectivity index (χ0n) is 13.4. The summed E-state index contributed by atoms with van der Waals surface area (Å²) >= 11 is 7.23. The quantitative estimate of drug-likeness (QED) is 0.663. The van der Waals surface area contributed by atoms with Crippen LogP contribution in [0.4, 0.5) is 0 Å². The van der Waals surface area contributed by atoms with Crippen molar-refractivity contribution in [1.29, 1.82) is 0 Å². The number of nitrogens with zero attached hydrogens (tertiary/aromatic N) is 5. The molecule has 3 aromatic rings. The Bertz CT molecular complexity index is 848. The third kappa shape index (κ3) is 3.57. The molecule has 1 aromatic carbocycles. The van der Waals surface area contributed by atoms with Crippen molar-refractivity contribution in [2.45, 2.75) is 27.1 Å². The number of tetrazole rings is 1. The fourth-order valence-electron chi connectivity index (χ4n) is 2.36. The van der Waals surface area contributed by atoms with Gasteiger partial charge in [-0.3, -0.25) is 4.90 Å². The number of thiophene rings is 1. The van der Waals surface area contributed by atoms with Crippen LogP contribution in [0.1, 0.15) is 16.7 Å². The van der Waals surface area contributed by atoms with Gasteiger partial charge in [0.05, 0.1) is 12.4 Å². The van der Waals surface area contributed by atoms with Crippen molar-refractivity contribution in [3.8, 4) is 5.69 Å². The highest BCUT2D eigenvalue weighted by Crippen LogP contribution is 2.14. The topological polar surface area (TPSA) is 38.9 Å². The van der Waals surface area contributed by atoms with Crippen molar-refractivity contribution < 1.29 is 0 Å². The number of aromatic nitrogens is 4. The summed E-state index contributed by atoms with van der Waals surface area (Å²) in [6.45, 7) is 5.65. The van der Waals surface area contributed by atoms with Crippen molar-refractivity contribution in [3.63, 3.8) is 0 Å². The van der Waals surface area contributed by atoms with Crippen LogP contribution in [0.15, 0.2) is 35.0 Å². The molecule has 2 aromatic heterocycles. The van der Waals surface area contributed by atoms with Crippen LogP contribution in [0.3, 0.4) is 0 Å². The van der Waals surface area contributed by atoms with Crippen molar-refractivity contribution in [1.82, 2.24) is 24.7 Å². The Balaban J connectivity index is 1.79. The average Bonchev–Trinajstić information content (AvgIpc) is 3.13. The lowest BCUT2D eigenvalue weighted by atomic mass is 10.1. The highest BCUT2D eigenvalue weighted by atomic mass is 32.1. The van der Waals surface area contributed by atoms with E-state index in [0.29, 0.717) is 11.4 Å². The summed E-state index contributed by atoms with van der Waals surface area (Å²) in [5.41, 5.74) is 4.71. The van der Waals surface area contributed by atoms with E-state index in [1.54, 1.807) is 20.7 Å². The van der Waals surface area contributed by atoms with Gasteiger partial charge in [0.25, 0.3) is 0 Å². The first-order valence-corrected chi connectivity index (χ1v) is 8.70. The molecule has 0 aliphatic heterocycles. The maximum Gasteiger partial charge on any atom is 0.221 e. The second-order valence-corrected chi connectivity index (χ2v) is 6.87. The van der Waals surface area contributed by atoms with Crippen molar-refractivity contribution in [3.05, 3.63) is 56.5 Å². The SMILES string of the molecule is Cc1ccc(-n2nnn(CN(C)Cc3ccsc3)c2=S)cc1C. The zero-order valence-corrected chi connectivity index (χ0v) is 15.1. The van der Waals surface area contributed by atoms with Gasteiger partial charge >= 0.3 is 0 Å². The second kappa shape index (κ2) is 6.74. The predicted octanol–water partition coefficient (Wildman–Crippen LogP) is 3.57. The first kappa shape index (κ1) is 16.0. The minimum Gasteiger partial charge on any atom is -0.283 e. The van der Waals surface area contributed by atoms with Gasteiger partial charge in [-0.15, -0.1) is 0 Å². The summed E-state index contributed by atoms with van der Waals surface area (Å²) in [5.74, 6) is 0. The minimum atomic E-state index is 0.602. The van der Waals surface area contributed by atoms with Gasteiger partial charge < -0.3 is 0 Å². The first-order chi connectivity index (χ1) is 11.0. The van der Waals surface area contributed by atoms with Crippen LogP contribution < -0.4 is 0 Å². The monoisotopic (exact) mass is 345 g/mol. The average molecular weight is 345 g/mol. The molecule has 0 radical (unpaired) electrons. The standard InChI is InChI=1S/C16H19N5S2/c1-12-4-5-15(8-13(12)2)21-16(22)20(17-18-21)11-19(3)9-14-6-7-23-10-14/h4-8,10H,9,11H2,1-3H3. The lowest BCUT2D eigenvalue weighted by Gasteiger charge is -2.14. The van der Waals surface area contributed by atoms with Gasteiger partial charge in [0.1, 0.15) is 0 Å². The highest BCUT2D eigenvalue weighted by molar-refractivity contribution is 7.71. The van der Waals surface area contributed by atoms with Crippen LogP contribution >= 0.6 is 23.6 Å². The van der Waals surface area contributed by atoms with Crippen LogP contribution in [0, 0.1) is 18.6 Å². The van der Waals surface area contributed by atoms with E-state index in [4.69, 9.17) is 12.2 Å². The maximum absolute atomic E-state index is 5.53. The van der Waals surface area contributed by atoms with E-state index in [0.717, 1.165) is 12.2 Å². The van der Waals surface area contributed by atoms with Gasteiger partial charge in [-0.2, -0.15) is 16.0 Å². The highest BCUT2D eigenvalue weighted by Gasteiger charge is 2.09. The smallest absolute Gasteiger partial charge is 0.221 e. The second-order valence-electron chi connectivity index (χ2n) is 5.73. The Morgan fingerprint density at radius 2 is 2.00 bits per heavy atom. The summed E-state index contributed by atoms with van der Waals surface area (Å²) in [7, 11) is 2.05. The molecule has 0 bridgehead atoms. The summed E-state index contributed by atoms with van der Waals surface area (Å²) in [4.78, 5) is 2.16. The van der Waals surface area contributed by atoms with Gasteiger partial charge in [-0.1, -0.05) is 6.07 Å². The van der Waals surface area contributed by atoms with Gasteiger partial charge in [0.2, 0.25) is 4.77 Å². The Morgan fingerprint density at radius 3 is 2.70 bits per heavy atom. The molecule has 0 spiro atoms. The maximum atomic E-state index is 5.53. The lowest BCUT2D eigenvalue weighted by Crippen LogP contribution is -2.22. The molecule has 2 heterocycles. The molecular weight excluding hydrogens is 326 g/mol. The van der Waals surface area contributed by atoms with Crippen molar-refractivity contribution in [2.75, 3.05) is 7.05 Å². The molecule has 3 rings (SSSR count). The van der Waals surface area contributed by atoms with Crippen LogP contribution in [0.2, 0.25) is 0 Å². The molecule has 120 valence electrons. The molecule has 5 nitrogen and oxygen atoms in total. The minimum absolute atomic E-state index is 0.602. The van der Waals surface area contributed by atoms with Crippen LogP contribution in [0.5, 0.6) is 0 Å². The van der Waals surface area contributed by atoms with E-state index in [1.165, 1.54) is 16.7 Å². The van der Waals surface area contributed by atoms with Gasteiger partial charge in [-0.05, 0) is 89.2 Å². The molecule has 0 N–H and O–H groups in total. The largest absolute Gasteiger partial charge is 0.283 e. The summed E-state index contributed by atoms with van der Waals surface area (Å²) < 4.78 is 4.06. The molecule has 0 amide bonds. The third-order valence-electron chi connectivity index (χ3n) is 3.78. The summed E-state index contributed by atoms with van der Waals surface area (Å²) in [5, 5.41) is 12.7. The normalized spacial score (nSPS) is 11.3. The molecule has 0 saturated carbocycles. The fraction of sp³-hybridized carbons (Fsp3) is 0.312. The predicted molar refractivity (Wildman–Crippen MR) is 95.4 cm³/mol. The van der Waals surface area contributed by atoms with E-state index in [9.17, 15) is 0 Å². The molecule has 0 aliphatic rings. The van der Waals surface area contributed by atoms with Crippen LogP contribution in [-0.2, 0) is 13.2 Å². The number of rotatable bonds is 5. The summed E-state index contributed by atoms with van der Waals surface area (Å²) in [6.07, 6.45) is 0. The van der Waals surface area contributed by atoms with E-state index >= 15 is 0 Å². The van der Waals surface area contributed by atoms with Crippen molar-refractivity contribution >= 4 is 23.6 Å². The number of hydrogen-bond acceptors (Lipinski definition) is 5. The van der Waals surface area contributed by atoms with Crippen molar-refractivity contribution in [2.24, 2.45) is 0 Å². The van der Waals surface area contributed by atoms with Gasteiger partial charge in [0, 0.05) is 6.54 Å². The number of aryl methyl sites for hydroxylation is 2. The Hall–Kier alpha value is -1.83. The Morgan fingerprint density at radius 1 is 1.17 bits per heavy atom. The lowest BCUT2D eigenvalue weighted by molar-refractivity contribution is 0.242. The molecular formula is C16H19N5S2. The van der Waals surface area contributed by atoms with E-state index in [2.05, 4.69) is 65.2 Å².